The van der Waals surface area contributed by atoms with E-state index in [1.807, 2.05) is 0 Å². The molecule has 2 aliphatic carbocycles. The number of fused-ring (bicyclic) bond motifs is 4. The van der Waals surface area contributed by atoms with E-state index in [0.29, 0.717) is 33.4 Å². The number of halogens is 5. The predicted octanol–water partition coefficient (Wildman–Crippen LogP) is 5.78. The smallest absolute Gasteiger partial charge is 0.417 e. The third-order valence-electron chi connectivity index (χ3n) is 10.0. The lowest BCUT2D eigenvalue weighted by Crippen LogP contribution is -2.53. The number of carbonyl (C=O) groups is 4. The molecular formula is C34H27Cl2F3N4O6. The van der Waals surface area contributed by atoms with E-state index >= 15 is 4.79 Å². The Labute approximate surface area is 287 Å². The van der Waals surface area contributed by atoms with Crippen molar-refractivity contribution in [1.29, 1.82) is 0 Å². The number of phenolic OH excluding ortho intramolecular Hbond substituents is 1. The normalized spacial score (nSPS) is 27.7. The fourth-order valence-electron chi connectivity index (χ4n) is 8.08. The molecule has 3 aromatic rings. The summed E-state index contributed by atoms with van der Waals surface area (Å²) in [6.45, 7) is 1.94. The Hall–Kier alpha value is -4.62. The number of anilines is 1. The van der Waals surface area contributed by atoms with Crippen molar-refractivity contribution >= 4 is 52.6 Å². The standard InChI is InChI=1S/C34H27Cl2F3N4O6/c1-2-49-24-5-3-4-20(27(24)44)26-18-10-11-19-25(30(46)41-29(19)45)21(18)13-22-31(47)43(32(48)33(22,26)15-6-8-17(35)9-7-15)42-28-23(36)12-16(14-40-28)34(37,38)39/h3-10,12,14,19,21-22,25-26,44H,2,11,13H2,1H3,(H,40,42)(H,41,45,46)/t19-,21+,22-,25-,26+,33+/m0/s1. The number of hydrogen-bond acceptors (Lipinski definition) is 8. The highest BCUT2D eigenvalue weighted by atomic mass is 35.5. The van der Waals surface area contributed by atoms with Crippen LogP contribution in [-0.4, -0.2) is 45.3 Å². The van der Waals surface area contributed by atoms with E-state index < -0.39 is 75.4 Å². The summed E-state index contributed by atoms with van der Waals surface area (Å²) >= 11 is 12.5. The summed E-state index contributed by atoms with van der Waals surface area (Å²) in [6, 6.07) is 11.7. The van der Waals surface area contributed by atoms with Gasteiger partial charge in [-0.3, -0.25) is 29.9 Å². The number of ether oxygens (including phenoxy) is 1. The highest BCUT2D eigenvalue weighted by Crippen LogP contribution is 2.65. The van der Waals surface area contributed by atoms with Crippen molar-refractivity contribution < 1.29 is 42.2 Å². The van der Waals surface area contributed by atoms with E-state index in [2.05, 4.69) is 15.7 Å². The second-order valence-electron chi connectivity index (χ2n) is 12.4. The number of carbonyl (C=O) groups excluding carboxylic acids is 4. The number of nitrogens with one attached hydrogen (secondary N) is 2. The molecule has 7 rings (SSSR count). The monoisotopic (exact) mass is 714 g/mol. The second-order valence-corrected chi connectivity index (χ2v) is 13.2. The van der Waals surface area contributed by atoms with Crippen molar-refractivity contribution in [3.05, 3.63) is 93.1 Å². The molecule has 3 heterocycles. The van der Waals surface area contributed by atoms with Crippen LogP contribution in [-0.2, 0) is 30.8 Å². The predicted molar refractivity (Wildman–Crippen MR) is 169 cm³/mol. The van der Waals surface area contributed by atoms with E-state index in [9.17, 15) is 32.7 Å². The number of phenols is 1. The van der Waals surface area contributed by atoms with Crippen molar-refractivity contribution in [2.45, 2.75) is 37.3 Å². The molecule has 15 heteroatoms. The molecule has 3 fully saturated rings. The van der Waals surface area contributed by atoms with Gasteiger partial charge in [-0.1, -0.05) is 59.1 Å². The van der Waals surface area contributed by atoms with Gasteiger partial charge in [0.2, 0.25) is 11.8 Å². The Morgan fingerprint density at radius 3 is 2.49 bits per heavy atom. The van der Waals surface area contributed by atoms with Crippen LogP contribution in [0.15, 0.2) is 66.4 Å². The van der Waals surface area contributed by atoms with Crippen molar-refractivity contribution in [1.82, 2.24) is 15.3 Å². The van der Waals surface area contributed by atoms with E-state index in [-0.39, 0.29) is 42.3 Å². The van der Waals surface area contributed by atoms with Crippen molar-refractivity contribution in [2.75, 3.05) is 12.0 Å². The van der Waals surface area contributed by atoms with Crippen molar-refractivity contribution in [2.24, 2.45) is 23.7 Å². The quantitative estimate of drug-likeness (QED) is 0.216. The number of imide groups is 2. The largest absolute Gasteiger partial charge is 0.504 e. The van der Waals surface area contributed by atoms with E-state index in [0.717, 1.165) is 0 Å². The van der Waals surface area contributed by atoms with Crippen LogP contribution in [0.5, 0.6) is 11.5 Å². The number of hydrazine groups is 1. The fourth-order valence-corrected chi connectivity index (χ4v) is 8.42. The molecule has 254 valence electrons. The molecule has 3 N–H and O–H groups in total. The van der Waals surface area contributed by atoms with Crippen LogP contribution in [0.2, 0.25) is 10.0 Å². The van der Waals surface area contributed by atoms with Gasteiger partial charge in [-0.2, -0.15) is 18.2 Å². The van der Waals surface area contributed by atoms with E-state index in [4.69, 9.17) is 27.9 Å². The SMILES string of the molecule is CCOc1cccc([C@H]2C3=CC[C@@H]4C(=O)NC(=O)[C@@H]4[C@@H]3C[C@H]3C(=O)N(Nc4ncc(C(F)(F)F)cc4Cl)C(=O)[C@@]23c2ccc(Cl)cc2)c1O. The van der Waals surface area contributed by atoms with Gasteiger partial charge in [0.25, 0.3) is 11.8 Å². The molecule has 1 saturated carbocycles. The topological polar surface area (TPSA) is 138 Å². The van der Waals surface area contributed by atoms with Crippen LogP contribution in [0.1, 0.15) is 42.4 Å². The molecule has 2 saturated heterocycles. The van der Waals surface area contributed by atoms with Crippen molar-refractivity contribution in [3.63, 3.8) is 0 Å². The van der Waals surface area contributed by atoms with Gasteiger partial charge in [0.1, 0.15) is 0 Å². The van der Waals surface area contributed by atoms with Gasteiger partial charge < -0.3 is 9.84 Å². The molecule has 0 spiro atoms. The highest BCUT2D eigenvalue weighted by molar-refractivity contribution is 6.33. The Morgan fingerprint density at radius 2 is 1.82 bits per heavy atom. The van der Waals surface area contributed by atoms with Gasteiger partial charge in [0.15, 0.2) is 17.3 Å². The molecule has 1 aromatic heterocycles. The van der Waals surface area contributed by atoms with Gasteiger partial charge in [-0.25, -0.2) is 4.98 Å². The third-order valence-corrected chi connectivity index (χ3v) is 10.6. The van der Waals surface area contributed by atoms with Gasteiger partial charge in [-0.15, -0.1) is 0 Å². The number of para-hydroxylation sites is 1. The zero-order chi connectivity index (χ0) is 35.0. The molecule has 0 bridgehead atoms. The summed E-state index contributed by atoms with van der Waals surface area (Å²) in [5, 5.41) is 14.6. The Bertz CT molecular complexity index is 1950. The Kier molecular flexibility index (Phi) is 7.90. The minimum Gasteiger partial charge on any atom is -0.504 e. The first-order valence-corrected chi connectivity index (χ1v) is 16.2. The fraction of sp³-hybridized carbons (Fsp3) is 0.324. The zero-order valence-corrected chi connectivity index (χ0v) is 27.1. The lowest BCUT2D eigenvalue weighted by molar-refractivity contribution is -0.139. The third kappa shape index (κ3) is 4.96. The number of aromatic nitrogens is 1. The molecule has 0 unspecified atom stereocenters. The van der Waals surface area contributed by atoms with Crippen molar-refractivity contribution in [3.8, 4) is 11.5 Å². The van der Waals surface area contributed by atoms with E-state index in [1.165, 1.54) is 0 Å². The number of benzene rings is 2. The minimum atomic E-state index is -4.75. The van der Waals surface area contributed by atoms with Crippen LogP contribution in [0.25, 0.3) is 0 Å². The number of pyridine rings is 1. The summed E-state index contributed by atoms with van der Waals surface area (Å²) < 4.78 is 45.8. The minimum absolute atomic E-state index is 0.0460. The number of rotatable bonds is 6. The summed E-state index contributed by atoms with van der Waals surface area (Å²) in [4.78, 5) is 59.5. The average Bonchev–Trinajstić information content (AvgIpc) is 3.47. The van der Waals surface area contributed by atoms with Crippen LogP contribution in [0.3, 0.4) is 0 Å². The number of aromatic hydroxyl groups is 1. The maximum atomic E-state index is 15.1. The summed E-state index contributed by atoms with van der Waals surface area (Å²) in [5.74, 6) is -7.55. The first kappa shape index (κ1) is 32.9. The number of hydrogen-bond donors (Lipinski definition) is 3. The number of allylic oxidation sites excluding steroid dienone is 2. The highest BCUT2D eigenvalue weighted by Gasteiger charge is 2.70. The van der Waals surface area contributed by atoms with E-state index in [1.54, 1.807) is 55.5 Å². The first-order chi connectivity index (χ1) is 23.3. The van der Waals surface area contributed by atoms with Gasteiger partial charge in [0.05, 0.1) is 40.4 Å². The van der Waals surface area contributed by atoms with Gasteiger partial charge in [-0.05, 0) is 55.5 Å². The molecule has 2 aliphatic heterocycles. The average molecular weight is 716 g/mol. The molecule has 0 radical (unpaired) electrons. The van der Waals surface area contributed by atoms with Crippen LogP contribution >= 0.6 is 23.2 Å². The zero-order valence-electron chi connectivity index (χ0n) is 25.6. The first-order valence-electron chi connectivity index (χ1n) is 15.4. The Morgan fingerprint density at radius 1 is 1.08 bits per heavy atom. The molecule has 49 heavy (non-hydrogen) atoms. The van der Waals surface area contributed by atoms with Crippen LogP contribution in [0.4, 0.5) is 19.0 Å². The molecular weight excluding hydrogens is 688 g/mol. The number of alkyl halides is 3. The molecule has 4 aliphatic rings. The second kappa shape index (κ2) is 11.8. The maximum absolute atomic E-state index is 15.1. The molecule has 2 aromatic carbocycles. The van der Waals surface area contributed by atoms with Gasteiger partial charge >= 0.3 is 6.18 Å². The molecule has 10 nitrogen and oxygen atoms in total. The summed E-state index contributed by atoms with van der Waals surface area (Å²) in [5.41, 5.74) is 0.820. The van der Waals surface area contributed by atoms with Crippen LogP contribution < -0.4 is 15.5 Å². The maximum Gasteiger partial charge on any atom is 0.417 e. The Balaban J connectivity index is 1.46. The number of nitrogens with zero attached hydrogens (tertiary/aromatic N) is 2. The summed E-state index contributed by atoms with van der Waals surface area (Å²) in [6.07, 6.45) is -2.29. The number of amides is 4. The summed E-state index contributed by atoms with van der Waals surface area (Å²) in [7, 11) is 0. The molecule has 4 amide bonds. The van der Waals surface area contributed by atoms with Gasteiger partial charge in [0, 0.05) is 22.7 Å². The lowest BCUT2D eigenvalue weighted by Gasteiger charge is -2.50. The molecule has 6 atom stereocenters. The lowest BCUT2D eigenvalue weighted by atomic mass is 9.49. The van der Waals surface area contributed by atoms with Crippen LogP contribution in [0, 0.1) is 23.7 Å².